The molecule has 0 atom stereocenters. The second-order valence-corrected chi connectivity index (χ2v) is 3.79. The molecular weight excluding hydrogens is 168 g/mol. The van der Waals surface area contributed by atoms with Crippen molar-refractivity contribution in [2.45, 2.75) is 44.1 Å². The Morgan fingerprint density at radius 1 is 1.08 bits per heavy atom. The van der Waals surface area contributed by atoms with Crippen LogP contribution in [0.15, 0.2) is 0 Å². The molecule has 13 heavy (non-hydrogen) atoms. The van der Waals surface area contributed by atoms with Gasteiger partial charge in [-0.05, 0) is 38.5 Å². The number of rotatable bonds is 6. The highest BCUT2D eigenvalue weighted by Crippen LogP contribution is 2.34. The van der Waals surface area contributed by atoms with Crippen molar-refractivity contribution in [2.24, 2.45) is 0 Å². The number of hydrogen-bond donors (Lipinski definition) is 2. The molecule has 78 valence electrons. The van der Waals surface area contributed by atoms with Crippen molar-refractivity contribution in [3.8, 4) is 0 Å². The lowest BCUT2D eigenvalue weighted by atomic mass is 9.89. The molecule has 0 spiro atoms. The van der Waals surface area contributed by atoms with Gasteiger partial charge >= 0.3 is 0 Å². The summed E-state index contributed by atoms with van der Waals surface area (Å²) >= 11 is 0. The average Bonchev–Trinajstić information content (AvgIpc) is 2.61. The van der Waals surface area contributed by atoms with Gasteiger partial charge in [0.2, 0.25) is 0 Å². The van der Waals surface area contributed by atoms with Gasteiger partial charge in [0.1, 0.15) is 0 Å². The van der Waals surface area contributed by atoms with Gasteiger partial charge in [-0.25, -0.2) is 0 Å². The van der Waals surface area contributed by atoms with E-state index in [1.165, 1.54) is 0 Å². The fraction of sp³-hybridized carbons (Fsp3) is 1.00. The number of aliphatic hydroxyl groups excluding tert-OH is 2. The lowest BCUT2D eigenvalue weighted by Crippen LogP contribution is -2.28. The summed E-state index contributed by atoms with van der Waals surface area (Å²) in [6.07, 6.45) is 5.70. The van der Waals surface area contributed by atoms with Crippen LogP contribution in [0.5, 0.6) is 0 Å². The van der Waals surface area contributed by atoms with Crippen LogP contribution in [0.2, 0.25) is 0 Å². The summed E-state index contributed by atoms with van der Waals surface area (Å²) in [5, 5.41) is 17.5. The van der Waals surface area contributed by atoms with Crippen LogP contribution in [0.25, 0.3) is 0 Å². The van der Waals surface area contributed by atoms with E-state index in [1.807, 2.05) is 0 Å². The minimum Gasteiger partial charge on any atom is -0.396 e. The molecule has 1 aliphatic rings. The van der Waals surface area contributed by atoms with Gasteiger partial charge in [-0.3, -0.25) is 0 Å². The van der Waals surface area contributed by atoms with Crippen LogP contribution in [0.1, 0.15) is 38.5 Å². The second-order valence-electron chi connectivity index (χ2n) is 3.79. The smallest absolute Gasteiger partial charge is 0.0685 e. The SMILES string of the molecule is OCCCC1(CCCO)CCCO1. The molecule has 0 saturated carbocycles. The van der Waals surface area contributed by atoms with Gasteiger partial charge in [0.25, 0.3) is 0 Å². The summed E-state index contributed by atoms with van der Waals surface area (Å²) in [4.78, 5) is 0. The first-order valence-corrected chi connectivity index (χ1v) is 5.19. The highest BCUT2D eigenvalue weighted by Gasteiger charge is 2.33. The second kappa shape index (κ2) is 5.58. The number of ether oxygens (including phenoxy) is 1. The molecule has 0 aromatic rings. The van der Waals surface area contributed by atoms with E-state index in [1.54, 1.807) is 0 Å². The van der Waals surface area contributed by atoms with Crippen molar-refractivity contribution < 1.29 is 14.9 Å². The van der Waals surface area contributed by atoms with Gasteiger partial charge < -0.3 is 14.9 Å². The van der Waals surface area contributed by atoms with Crippen LogP contribution < -0.4 is 0 Å². The lowest BCUT2D eigenvalue weighted by molar-refractivity contribution is -0.0180. The fourth-order valence-electron chi connectivity index (χ4n) is 2.08. The van der Waals surface area contributed by atoms with Gasteiger partial charge in [0, 0.05) is 19.8 Å². The molecule has 1 heterocycles. The summed E-state index contributed by atoms with van der Waals surface area (Å²) in [7, 11) is 0. The van der Waals surface area contributed by atoms with Crippen molar-refractivity contribution in [3.05, 3.63) is 0 Å². The Balaban J connectivity index is 2.33. The van der Waals surface area contributed by atoms with E-state index in [0.29, 0.717) is 0 Å². The first kappa shape index (κ1) is 11.0. The minimum atomic E-state index is -0.0224. The zero-order valence-electron chi connectivity index (χ0n) is 8.17. The molecule has 1 saturated heterocycles. The Hall–Kier alpha value is -0.120. The molecule has 1 rings (SSSR count). The van der Waals surface area contributed by atoms with E-state index in [-0.39, 0.29) is 18.8 Å². The van der Waals surface area contributed by atoms with Gasteiger partial charge in [-0.1, -0.05) is 0 Å². The maximum Gasteiger partial charge on any atom is 0.0685 e. The molecule has 0 aliphatic carbocycles. The predicted molar refractivity (Wildman–Crippen MR) is 50.6 cm³/mol. The third kappa shape index (κ3) is 3.25. The van der Waals surface area contributed by atoms with Crippen LogP contribution in [-0.4, -0.2) is 35.6 Å². The summed E-state index contributed by atoms with van der Waals surface area (Å²) in [5.74, 6) is 0. The molecule has 0 unspecified atom stereocenters. The molecule has 1 fully saturated rings. The molecule has 0 amide bonds. The van der Waals surface area contributed by atoms with Crippen molar-refractivity contribution in [3.63, 3.8) is 0 Å². The van der Waals surface area contributed by atoms with Crippen LogP contribution in [-0.2, 0) is 4.74 Å². The van der Waals surface area contributed by atoms with E-state index in [0.717, 1.165) is 45.1 Å². The Morgan fingerprint density at radius 2 is 1.69 bits per heavy atom. The van der Waals surface area contributed by atoms with Crippen LogP contribution >= 0.6 is 0 Å². The Kier molecular flexibility index (Phi) is 4.70. The number of aliphatic hydroxyl groups is 2. The van der Waals surface area contributed by atoms with E-state index < -0.39 is 0 Å². The first-order valence-electron chi connectivity index (χ1n) is 5.19. The van der Waals surface area contributed by atoms with E-state index >= 15 is 0 Å². The standard InChI is InChI=1S/C10H20O3/c11-7-1-4-10(5-2-8-12)6-3-9-13-10/h11-12H,1-9H2. The molecule has 1 aliphatic heterocycles. The van der Waals surface area contributed by atoms with Crippen molar-refractivity contribution in [1.82, 2.24) is 0 Å². The molecule has 0 radical (unpaired) electrons. The largest absolute Gasteiger partial charge is 0.396 e. The maximum atomic E-state index is 8.76. The zero-order chi connectivity index (χ0) is 9.57. The van der Waals surface area contributed by atoms with Crippen molar-refractivity contribution >= 4 is 0 Å². The van der Waals surface area contributed by atoms with Gasteiger partial charge in [-0.2, -0.15) is 0 Å². The van der Waals surface area contributed by atoms with Gasteiger partial charge in [0.15, 0.2) is 0 Å². The molecular formula is C10H20O3. The highest BCUT2D eigenvalue weighted by atomic mass is 16.5. The van der Waals surface area contributed by atoms with E-state index in [9.17, 15) is 0 Å². The molecule has 3 heteroatoms. The molecule has 0 aromatic heterocycles. The summed E-state index contributed by atoms with van der Waals surface area (Å²) < 4.78 is 5.72. The molecule has 0 bridgehead atoms. The van der Waals surface area contributed by atoms with Gasteiger partial charge in [0.05, 0.1) is 5.60 Å². The van der Waals surface area contributed by atoms with Crippen LogP contribution in [0.3, 0.4) is 0 Å². The summed E-state index contributed by atoms with van der Waals surface area (Å²) in [6, 6.07) is 0. The maximum absolute atomic E-state index is 8.76. The highest BCUT2D eigenvalue weighted by molar-refractivity contribution is 4.84. The Morgan fingerprint density at radius 3 is 2.08 bits per heavy atom. The average molecular weight is 188 g/mol. The summed E-state index contributed by atoms with van der Waals surface area (Å²) in [5.41, 5.74) is -0.0224. The number of hydrogen-bond acceptors (Lipinski definition) is 3. The third-order valence-electron chi connectivity index (χ3n) is 2.77. The third-order valence-corrected chi connectivity index (χ3v) is 2.77. The quantitative estimate of drug-likeness (QED) is 0.655. The monoisotopic (exact) mass is 188 g/mol. The molecule has 2 N–H and O–H groups in total. The van der Waals surface area contributed by atoms with Crippen LogP contribution in [0.4, 0.5) is 0 Å². The van der Waals surface area contributed by atoms with E-state index in [2.05, 4.69) is 0 Å². The van der Waals surface area contributed by atoms with Crippen molar-refractivity contribution in [1.29, 1.82) is 0 Å². The summed E-state index contributed by atoms with van der Waals surface area (Å²) in [6.45, 7) is 1.32. The zero-order valence-corrected chi connectivity index (χ0v) is 8.17. The Labute approximate surface area is 79.7 Å². The molecule has 3 nitrogen and oxygen atoms in total. The topological polar surface area (TPSA) is 49.7 Å². The molecule has 0 aromatic carbocycles. The minimum absolute atomic E-state index is 0.0224. The lowest BCUT2D eigenvalue weighted by Gasteiger charge is -2.27. The van der Waals surface area contributed by atoms with Crippen molar-refractivity contribution in [2.75, 3.05) is 19.8 Å². The van der Waals surface area contributed by atoms with E-state index in [4.69, 9.17) is 14.9 Å². The Bertz CT molecular complexity index is 120. The normalized spacial score (nSPS) is 20.8. The van der Waals surface area contributed by atoms with Gasteiger partial charge in [-0.15, -0.1) is 0 Å². The predicted octanol–water partition coefficient (Wildman–Crippen LogP) is 1.08. The first-order chi connectivity index (χ1) is 6.33. The fourth-order valence-corrected chi connectivity index (χ4v) is 2.08. The van der Waals surface area contributed by atoms with Crippen LogP contribution in [0, 0.1) is 0 Å².